The average Bonchev–Trinajstić information content (AvgIpc) is 2.48. The van der Waals surface area contributed by atoms with Gasteiger partial charge in [-0.25, -0.2) is 0 Å². The van der Waals surface area contributed by atoms with Crippen molar-refractivity contribution in [1.29, 1.82) is 0 Å². The monoisotopic (exact) mass is 321 g/mol. The molecule has 0 radical (unpaired) electrons. The molecule has 0 unspecified atom stereocenters. The van der Waals surface area contributed by atoms with Gasteiger partial charge in [0.1, 0.15) is 0 Å². The Balaban J connectivity index is 0. The number of rotatable bonds is 0. The average molecular weight is 322 g/mol. The summed E-state index contributed by atoms with van der Waals surface area (Å²) in [7, 11) is 0. The van der Waals surface area contributed by atoms with Crippen molar-refractivity contribution in [3.8, 4) is 0 Å². The van der Waals surface area contributed by atoms with E-state index in [-0.39, 0.29) is 18.4 Å². The summed E-state index contributed by atoms with van der Waals surface area (Å²) in [6.45, 7) is 24.1. The van der Waals surface area contributed by atoms with Crippen LogP contribution in [0.3, 0.4) is 0 Å². The molecular formula is C22H43N. The molecule has 0 spiro atoms. The maximum atomic E-state index is 2.58. The second-order valence-electron chi connectivity index (χ2n) is 7.58. The molecule has 136 valence electrons. The molecule has 1 aromatic rings. The zero-order chi connectivity index (χ0) is 17.6. The van der Waals surface area contributed by atoms with Crippen molar-refractivity contribution >= 4 is 0 Å². The fraction of sp³-hybridized carbons (Fsp3) is 0.727. The van der Waals surface area contributed by atoms with Crippen LogP contribution in [0, 0.1) is 0 Å². The Morgan fingerprint density at radius 1 is 0.826 bits per heavy atom. The van der Waals surface area contributed by atoms with E-state index in [0.717, 1.165) is 6.54 Å². The van der Waals surface area contributed by atoms with Crippen molar-refractivity contribution in [3.05, 3.63) is 34.9 Å². The molecule has 0 saturated carbocycles. The van der Waals surface area contributed by atoms with Crippen LogP contribution >= 0.6 is 0 Å². The molecule has 1 nitrogen and oxygen atoms in total. The van der Waals surface area contributed by atoms with E-state index in [9.17, 15) is 0 Å². The third kappa shape index (κ3) is 7.08. The normalized spacial score (nSPS) is 14.3. The first-order valence-corrected chi connectivity index (χ1v) is 9.05. The van der Waals surface area contributed by atoms with E-state index in [1.165, 1.54) is 24.1 Å². The smallest absolute Gasteiger partial charge is 0.0241 e. The largest absolute Gasteiger partial charge is 0.294 e. The molecule has 0 bridgehead atoms. The van der Waals surface area contributed by atoms with Crippen LogP contribution in [0.15, 0.2) is 18.2 Å². The Kier molecular flexibility index (Phi) is 10.8. The van der Waals surface area contributed by atoms with Crippen molar-refractivity contribution in [1.82, 2.24) is 4.90 Å². The molecule has 1 aromatic carbocycles. The lowest BCUT2D eigenvalue weighted by molar-refractivity contribution is 0.121. The van der Waals surface area contributed by atoms with Gasteiger partial charge in [-0.15, -0.1) is 0 Å². The second kappa shape index (κ2) is 10.1. The highest BCUT2D eigenvalue weighted by Crippen LogP contribution is 2.29. The lowest BCUT2D eigenvalue weighted by Gasteiger charge is -2.39. The molecule has 0 aromatic heterocycles. The Hall–Kier alpha value is -0.820. The maximum Gasteiger partial charge on any atom is 0.0241 e. The van der Waals surface area contributed by atoms with E-state index >= 15 is 0 Å². The van der Waals surface area contributed by atoms with Gasteiger partial charge in [-0.2, -0.15) is 0 Å². The molecule has 0 N–H and O–H groups in total. The molecule has 1 heterocycles. The Labute approximate surface area is 147 Å². The first-order valence-electron chi connectivity index (χ1n) is 9.05. The summed E-state index contributed by atoms with van der Waals surface area (Å²) in [5.74, 6) is 0. The minimum absolute atomic E-state index is 0. The molecule has 0 saturated heterocycles. The van der Waals surface area contributed by atoms with Gasteiger partial charge in [-0.3, -0.25) is 4.90 Å². The highest BCUT2D eigenvalue weighted by atomic mass is 15.2. The van der Waals surface area contributed by atoms with Gasteiger partial charge in [0.05, 0.1) is 0 Å². The summed E-state index contributed by atoms with van der Waals surface area (Å²) < 4.78 is 0. The van der Waals surface area contributed by atoms with Crippen LogP contribution in [0.1, 0.15) is 93.4 Å². The van der Waals surface area contributed by atoms with Crippen LogP contribution in [-0.2, 0) is 18.4 Å². The van der Waals surface area contributed by atoms with Crippen LogP contribution in [0.2, 0.25) is 0 Å². The molecule has 1 heteroatoms. The standard InChI is InChI=1S/C17H27N.2C2H6.CH4/c1-16(2,3)15-8-7-14-12-18(17(4,5)6)10-9-13(14)11-15;2*1-2;/h7-8,11H,9-10,12H2,1-6H3;2*1-2H3;1H4. The summed E-state index contributed by atoms with van der Waals surface area (Å²) in [6.07, 6.45) is 1.19. The lowest BCUT2D eigenvalue weighted by atomic mass is 9.83. The summed E-state index contributed by atoms with van der Waals surface area (Å²) in [4.78, 5) is 2.58. The van der Waals surface area contributed by atoms with Crippen LogP contribution in [0.5, 0.6) is 0 Å². The molecule has 1 aliphatic heterocycles. The lowest BCUT2D eigenvalue weighted by Crippen LogP contribution is -2.44. The minimum atomic E-state index is 0. The molecule has 0 amide bonds. The van der Waals surface area contributed by atoms with E-state index in [4.69, 9.17) is 0 Å². The highest BCUT2D eigenvalue weighted by molar-refractivity contribution is 5.36. The number of benzene rings is 1. The molecule has 0 aliphatic carbocycles. The van der Waals surface area contributed by atoms with E-state index in [1.807, 2.05) is 27.7 Å². The molecule has 2 rings (SSSR count). The number of nitrogens with zero attached hydrogens (tertiary/aromatic N) is 1. The zero-order valence-electron chi connectivity index (χ0n) is 16.8. The topological polar surface area (TPSA) is 3.24 Å². The van der Waals surface area contributed by atoms with Crippen LogP contribution in [-0.4, -0.2) is 17.0 Å². The Morgan fingerprint density at radius 3 is 1.78 bits per heavy atom. The van der Waals surface area contributed by atoms with Gasteiger partial charge < -0.3 is 0 Å². The first-order chi connectivity index (χ1) is 10.2. The van der Waals surface area contributed by atoms with Gasteiger partial charge >= 0.3 is 0 Å². The molecular weight excluding hydrogens is 278 g/mol. The fourth-order valence-corrected chi connectivity index (χ4v) is 2.59. The van der Waals surface area contributed by atoms with Gasteiger partial charge in [0.25, 0.3) is 0 Å². The summed E-state index contributed by atoms with van der Waals surface area (Å²) >= 11 is 0. The highest BCUT2D eigenvalue weighted by Gasteiger charge is 2.26. The van der Waals surface area contributed by atoms with Crippen molar-refractivity contribution in [2.75, 3.05) is 6.54 Å². The first kappa shape index (κ1) is 24.4. The van der Waals surface area contributed by atoms with E-state index in [2.05, 4.69) is 64.6 Å². The van der Waals surface area contributed by atoms with Crippen molar-refractivity contribution in [3.63, 3.8) is 0 Å². The van der Waals surface area contributed by atoms with Gasteiger partial charge in [-0.05, 0) is 49.3 Å². The van der Waals surface area contributed by atoms with E-state index in [0.29, 0.717) is 0 Å². The number of hydrogen-bond donors (Lipinski definition) is 0. The maximum absolute atomic E-state index is 2.58. The van der Waals surface area contributed by atoms with Crippen molar-refractivity contribution in [2.45, 2.75) is 101 Å². The Bertz CT molecular complexity index is 432. The predicted octanol–water partition coefficient (Wildman–Crippen LogP) is 6.83. The minimum Gasteiger partial charge on any atom is -0.294 e. The summed E-state index contributed by atoms with van der Waals surface area (Å²) in [5.41, 5.74) is 5.08. The number of fused-ring (bicyclic) bond motifs is 1. The predicted molar refractivity (Wildman–Crippen MR) is 108 cm³/mol. The SMILES string of the molecule is C.CC.CC.CC(C)(C)c1ccc2c(c1)CCN(C(C)(C)C)C2. The summed E-state index contributed by atoms with van der Waals surface area (Å²) in [5, 5.41) is 0. The molecule has 0 atom stereocenters. The van der Waals surface area contributed by atoms with Crippen molar-refractivity contribution in [2.24, 2.45) is 0 Å². The second-order valence-corrected chi connectivity index (χ2v) is 7.58. The van der Waals surface area contributed by atoms with Gasteiger partial charge in [-0.1, -0.05) is 74.1 Å². The van der Waals surface area contributed by atoms with Crippen LogP contribution in [0.25, 0.3) is 0 Å². The Morgan fingerprint density at radius 2 is 1.35 bits per heavy atom. The molecule has 23 heavy (non-hydrogen) atoms. The van der Waals surface area contributed by atoms with Gasteiger partial charge in [0.2, 0.25) is 0 Å². The zero-order valence-corrected chi connectivity index (χ0v) is 16.8. The van der Waals surface area contributed by atoms with Gasteiger partial charge in [0, 0.05) is 18.6 Å². The third-order valence-corrected chi connectivity index (χ3v) is 4.03. The van der Waals surface area contributed by atoms with Crippen molar-refractivity contribution < 1.29 is 0 Å². The fourth-order valence-electron chi connectivity index (χ4n) is 2.59. The molecule has 0 fully saturated rings. The third-order valence-electron chi connectivity index (χ3n) is 4.03. The molecule has 1 aliphatic rings. The van der Waals surface area contributed by atoms with E-state index in [1.54, 1.807) is 5.56 Å². The van der Waals surface area contributed by atoms with Crippen LogP contribution in [0.4, 0.5) is 0 Å². The summed E-state index contributed by atoms with van der Waals surface area (Å²) in [6, 6.07) is 7.08. The number of hydrogen-bond acceptors (Lipinski definition) is 1. The quantitative estimate of drug-likeness (QED) is 0.506. The van der Waals surface area contributed by atoms with Crippen LogP contribution < -0.4 is 0 Å². The van der Waals surface area contributed by atoms with E-state index < -0.39 is 0 Å². The van der Waals surface area contributed by atoms with Gasteiger partial charge in [0.15, 0.2) is 0 Å².